The summed E-state index contributed by atoms with van der Waals surface area (Å²) in [5.74, 6) is 0.799. The van der Waals surface area contributed by atoms with E-state index in [1.165, 1.54) is 12.8 Å². The van der Waals surface area contributed by atoms with Gasteiger partial charge in [-0.15, -0.1) is 0 Å². The highest BCUT2D eigenvalue weighted by Gasteiger charge is 2.38. The number of rotatable bonds is 3. The number of hydrogen-bond donors (Lipinski definition) is 2. The second kappa shape index (κ2) is 5.87. The summed E-state index contributed by atoms with van der Waals surface area (Å²) in [4.78, 5) is 15.3. The molecule has 1 unspecified atom stereocenters. The average molecular weight is 283 g/mol. The lowest BCUT2D eigenvalue weighted by molar-refractivity contribution is -0.0235. The number of carboxylic acid groups (broad SMARTS) is 1. The van der Waals surface area contributed by atoms with Crippen molar-refractivity contribution in [2.75, 3.05) is 39.4 Å². The molecule has 2 heterocycles. The molecule has 20 heavy (non-hydrogen) atoms. The van der Waals surface area contributed by atoms with E-state index in [9.17, 15) is 9.90 Å². The van der Waals surface area contributed by atoms with Crippen LogP contribution in [0.15, 0.2) is 0 Å². The van der Waals surface area contributed by atoms with Gasteiger partial charge in [-0.25, -0.2) is 4.79 Å². The number of piperazine rings is 1. The lowest BCUT2D eigenvalue weighted by atomic mass is 10.1. The lowest BCUT2D eigenvalue weighted by Crippen LogP contribution is -2.61. The predicted molar refractivity (Wildman–Crippen MR) is 74.9 cm³/mol. The molecule has 2 aliphatic heterocycles. The second-order valence-electron chi connectivity index (χ2n) is 6.36. The van der Waals surface area contributed by atoms with Gasteiger partial charge in [0, 0.05) is 44.3 Å². The predicted octanol–water partition coefficient (Wildman–Crippen LogP) is 0.438. The van der Waals surface area contributed by atoms with Crippen LogP contribution in [0.4, 0.5) is 4.79 Å². The number of morpholine rings is 1. The highest BCUT2D eigenvalue weighted by atomic mass is 16.5. The monoisotopic (exact) mass is 283 g/mol. The van der Waals surface area contributed by atoms with Crippen molar-refractivity contribution in [1.29, 1.82) is 0 Å². The number of nitrogens with one attached hydrogen (secondary N) is 1. The van der Waals surface area contributed by atoms with Crippen molar-refractivity contribution >= 4 is 6.09 Å². The first-order valence-electron chi connectivity index (χ1n) is 7.70. The van der Waals surface area contributed by atoms with Gasteiger partial charge in [0.25, 0.3) is 0 Å². The molecule has 3 rings (SSSR count). The van der Waals surface area contributed by atoms with Crippen LogP contribution in [0.1, 0.15) is 19.8 Å². The van der Waals surface area contributed by atoms with E-state index in [1.54, 1.807) is 4.90 Å². The third kappa shape index (κ3) is 3.07. The van der Waals surface area contributed by atoms with E-state index in [4.69, 9.17) is 4.74 Å². The minimum absolute atomic E-state index is 0.0627. The molecule has 3 atom stereocenters. The van der Waals surface area contributed by atoms with Crippen molar-refractivity contribution < 1.29 is 14.6 Å². The summed E-state index contributed by atoms with van der Waals surface area (Å²) in [6, 6.07) is 0.845. The average Bonchev–Trinajstić information content (AvgIpc) is 3.26. The summed E-state index contributed by atoms with van der Waals surface area (Å²) in [6.07, 6.45) is 1.84. The first-order valence-corrected chi connectivity index (χ1v) is 7.70. The summed E-state index contributed by atoms with van der Waals surface area (Å²) >= 11 is 0. The quantitative estimate of drug-likeness (QED) is 0.787. The lowest BCUT2D eigenvalue weighted by Gasteiger charge is -2.42. The molecule has 0 aromatic carbocycles. The third-order valence-electron chi connectivity index (χ3n) is 4.80. The van der Waals surface area contributed by atoms with Crippen LogP contribution in [-0.4, -0.2) is 78.5 Å². The molecule has 114 valence electrons. The van der Waals surface area contributed by atoms with E-state index in [2.05, 4.69) is 10.2 Å². The van der Waals surface area contributed by atoms with Gasteiger partial charge in [0.2, 0.25) is 0 Å². The smallest absolute Gasteiger partial charge is 0.407 e. The summed E-state index contributed by atoms with van der Waals surface area (Å²) in [6.45, 7) is 6.84. The second-order valence-corrected chi connectivity index (χ2v) is 6.36. The summed E-state index contributed by atoms with van der Waals surface area (Å²) in [5, 5.41) is 12.7. The number of ether oxygens (including phenoxy) is 1. The van der Waals surface area contributed by atoms with Gasteiger partial charge >= 0.3 is 6.09 Å². The molecule has 0 aromatic rings. The fourth-order valence-corrected chi connectivity index (χ4v) is 3.40. The summed E-state index contributed by atoms with van der Waals surface area (Å²) in [5.41, 5.74) is 0. The molecule has 1 amide bonds. The van der Waals surface area contributed by atoms with Crippen LogP contribution in [0, 0.1) is 5.92 Å². The van der Waals surface area contributed by atoms with Crippen LogP contribution in [0.3, 0.4) is 0 Å². The Labute approximate surface area is 120 Å². The van der Waals surface area contributed by atoms with Crippen LogP contribution in [-0.2, 0) is 4.74 Å². The first kappa shape index (κ1) is 14.1. The molecule has 6 nitrogen and oxygen atoms in total. The van der Waals surface area contributed by atoms with E-state index in [0.29, 0.717) is 12.6 Å². The Morgan fingerprint density at radius 3 is 2.95 bits per heavy atom. The van der Waals surface area contributed by atoms with Crippen molar-refractivity contribution in [1.82, 2.24) is 15.1 Å². The highest BCUT2D eigenvalue weighted by Crippen LogP contribution is 2.36. The van der Waals surface area contributed by atoms with E-state index >= 15 is 0 Å². The topological polar surface area (TPSA) is 65.0 Å². The fraction of sp³-hybridized carbons (Fsp3) is 0.929. The Kier molecular flexibility index (Phi) is 4.14. The SMILES string of the molecule is C[C@@H]1CN[C@@H](CN2CCOCC2C2CC2)CN1C(=O)O. The largest absolute Gasteiger partial charge is 0.465 e. The molecule has 6 heteroatoms. The Bertz CT molecular complexity index is 362. The highest BCUT2D eigenvalue weighted by molar-refractivity contribution is 5.65. The first-order chi connectivity index (χ1) is 9.65. The van der Waals surface area contributed by atoms with Crippen molar-refractivity contribution in [2.24, 2.45) is 5.92 Å². The van der Waals surface area contributed by atoms with Gasteiger partial charge in [-0.05, 0) is 25.7 Å². The van der Waals surface area contributed by atoms with Gasteiger partial charge in [0.05, 0.1) is 13.2 Å². The molecule has 0 spiro atoms. The van der Waals surface area contributed by atoms with Gasteiger partial charge in [0.1, 0.15) is 0 Å². The number of nitrogens with zero attached hydrogens (tertiary/aromatic N) is 2. The standard InChI is InChI=1S/C14H25N3O3/c1-10-6-15-12(8-17(10)14(18)19)7-16-4-5-20-9-13(16)11-2-3-11/h10-13,15H,2-9H2,1H3,(H,18,19)/t10-,12+,13?/m1/s1. The molecule has 1 saturated carbocycles. The van der Waals surface area contributed by atoms with Crippen LogP contribution in [0.2, 0.25) is 0 Å². The molecule has 2 N–H and O–H groups in total. The van der Waals surface area contributed by atoms with Crippen LogP contribution in [0.5, 0.6) is 0 Å². The Balaban J connectivity index is 1.57. The Hall–Kier alpha value is -0.850. The molecule has 3 fully saturated rings. The Morgan fingerprint density at radius 2 is 2.25 bits per heavy atom. The molecular formula is C14H25N3O3. The van der Waals surface area contributed by atoms with Crippen molar-refractivity contribution in [3.8, 4) is 0 Å². The zero-order valence-corrected chi connectivity index (χ0v) is 12.1. The maximum atomic E-state index is 11.2. The molecule has 0 aromatic heterocycles. The minimum Gasteiger partial charge on any atom is -0.465 e. The van der Waals surface area contributed by atoms with Gasteiger partial charge < -0.3 is 20.1 Å². The normalized spacial score (nSPS) is 36.0. The minimum atomic E-state index is -0.801. The molecule has 0 bridgehead atoms. The zero-order chi connectivity index (χ0) is 14.1. The fourth-order valence-electron chi connectivity index (χ4n) is 3.40. The maximum Gasteiger partial charge on any atom is 0.407 e. The number of amides is 1. The van der Waals surface area contributed by atoms with Crippen LogP contribution in [0.25, 0.3) is 0 Å². The molecule has 0 radical (unpaired) electrons. The number of hydrogen-bond acceptors (Lipinski definition) is 4. The number of carbonyl (C=O) groups is 1. The zero-order valence-electron chi connectivity index (χ0n) is 12.1. The summed E-state index contributed by atoms with van der Waals surface area (Å²) < 4.78 is 5.61. The van der Waals surface area contributed by atoms with E-state index in [0.717, 1.165) is 38.8 Å². The van der Waals surface area contributed by atoms with Crippen LogP contribution < -0.4 is 5.32 Å². The maximum absolute atomic E-state index is 11.2. The van der Waals surface area contributed by atoms with Gasteiger partial charge in [0.15, 0.2) is 0 Å². The van der Waals surface area contributed by atoms with E-state index < -0.39 is 6.09 Å². The summed E-state index contributed by atoms with van der Waals surface area (Å²) in [7, 11) is 0. The van der Waals surface area contributed by atoms with Crippen molar-refractivity contribution in [3.05, 3.63) is 0 Å². The Morgan fingerprint density at radius 1 is 1.45 bits per heavy atom. The van der Waals surface area contributed by atoms with Crippen molar-refractivity contribution in [2.45, 2.75) is 37.9 Å². The molecule has 2 saturated heterocycles. The van der Waals surface area contributed by atoms with E-state index in [-0.39, 0.29) is 12.1 Å². The molecule has 3 aliphatic rings. The van der Waals surface area contributed by atoms with Gasteiger partial charge in [-0.1, -0.05) is 0 Å². The van der Waals surface area contributed by atoms with Crippen LogP contribution >= 0.6 is 0 Å². The molecule has 1 aliphatic carbocycles. The van der Waals surface area contributed by atoms with E-state index in [1.807, 2.05) is 6.92 Å². The third-order valence-corrected chi connectivity index (χ3v) is 4.80. The van der Waals surface area contributed by atoms with Crippen molar-refractivity contribution in [3.63, 3.8) is 0 Å². The molecular weight excluding hydrogens is 258 g/mol. The van der Waals surface area contributed by atoms with Gasteiger partial charge in [-0.3, -0.25) is 4.90 Å². The van der Waals surface area contributed by atoms with Gasteiger partial charge in [-0.2, -0.15) is 0 Å².